The maximum Gasteiger partial charge on any atom is 0.325 e. The van der Waals surface area contributed by atoms with Crippen LogP contribution < -0.4 is 5.73 Å². The molecule has 1 amide bonds. The molecule has 0 unspecified atom stereocenters. The van der Waals surface area contributed by atoms with Gasteiger partial charge in [0.2, 0.25) is 5.91 Å². The highest BCUT2D eigenvalue weighted by molar-refractivity contribution is 5.83. The summed E-state index contributed by atoms with van der Waals surface area (Å²) >= 11 is 0. The summed E-state index contributed by atoms with van der Waals surface area (Å²) in [6.45, 7) is 4.95. The van der Waals surface area contributed by atoms with Crippen molar-refractivity contribution in [2.45, 2.75) is 58.4 Å². The van der Waals surface area contributed by atoms with Crippen LogP contribution in [0, 0.1) is 11.8 Å². The van der Waals surface area contributed by atoms with E-state index in [0.717, 1.165) is 38.5 Å². The largest absolute Gasteiger partial charge is 0.468 e. The molecule has 1 saturated carbocycles. The predicted molar refractivity (Wildman–Crippen MR) is 82.6 cm³/mol. The van der Waals surface area contributed by atoms with Crippen molar-refractivity contribution < 1.29 is 14.3 Å². The molecule has 2 N–H and O–H groups in total. The first kappa shape index (κ1) is 18.0. The lowest BCUT2D eigenvalue weighted by atomic mass is 9.85. The van der Waals surface area contributed by atoms with Crippen molar-refractivity contribution in [1.82, 2.24) is 4.90 Å². The minimum Gasteiger partial charge on any atom is -0.468 e. The van der Waals surface area contributed by atoms with Crippen LogP contribution in [0.5, 0.6) is 0 Å². The summed E-state index contributed by atoms with van der Waals surface area (Å²) in [6.07, 6.45) is 5.48. The zero-order valence-electron chi connectivity index (χ0n) is 13.6. The van der Waals surface area contributed by atoms with Gasteiger partial charge in [0.15, 0.2) is 0 Å². The summed E-state index contributed by atoms with van der Waals surface area (Å²) in [5, 5.41) is 0. The zero-order valence-corrected chi connectivity index (χ0v) is 13.6. The average Bonchev–Trinajstić information content (AvgIpc) is 2.51. The number of rotatable bonds is 7. The lowest BCUT2D eigenvalue weighted by Gasteiger charge is -2.32. The van der Waals surface area contributed by atoms with Crippen LogP contribution in [0.2, 0.25) is 0 Å². The smallest absolute Gasteiger partial charge is 0.325 e. The Morgan fingerprint density at radius 3 is 2.24 bits per heavy atom. The minimum atomic E-state index is -0.346. The normalized spacial score (nSPS) is 22.1. The van der Waals surface area contributed by atoms with E-state index in [1.165, 1.54) is 7.11 Å². The van der Waals surface area contributed by atoms with Gasteiger partial charge in [0, 0.05) is 18.5 Å². The molecule has 1 fully saturated rings. The molecule has 0 spiro atoms. The molecule has 0 radical (unpaired) electrons. The molecular formula is C16H30N2O3. The molecule has 1 aliphatic carbocycles. The highest BCUT2D eigenvalue weighted by atomic mass is 16.5. The number of carbonyl (C=O) groups excluding carboxylic acids is 2. The van der Waals surface area contributed by atoms with E-state index in [4.69, 9.17) is 10.5 Å². The van der Waals surface area contributed by atoms with Gasteiger partial charge in [-0.15, -0.1) is 0 Å². The maximum absolute atomic E-state index is 12.7. The van der Waals surface area contributed by atoms with E-state index in [-0.39, 0.29) is 30.4 Å². The summed E-state index contributed by atoms with van der Waals surface area (Å²) in [6, 6.07) is 0.224. The summed E-state index contributed by atoms with van der Waals surface area (Å²) in [5.74, 6) is 0.203. The number of hydrogen-bond donors (Lipinski definition) is 1. The summed E-state index contributed by atoms with van der Waals surface area (Å²) in [4.78, 5) is 26.0. The highest BCUT2D eigenvalue weighted by Gasteiger charge is 2.30. The Labute approximate surface area is 128 Å². The number of nitrogens with zero attached hydrogens (tertiary/aromatic N) is 1. The number of nitrogens with two attached hydrogens (primary N) is 1. The standard InChI is InChI=1S/C16H30N2O3/c1-4-12(5-2)10-18(11-15(19)21-3)16(20)13-6-8-14(17)9-7-13/h12-14H,4-11,17H2,1-3H3. The zero-order chi connectivity index (χ0) is 15.8. The van der Waals surface area contributed by atoms with Gasteiger partial charge in [-0.1, -0.05) is 26.7 Å². The molecule has 1 rings (SSSR count). The Morgan fingerprint density at radius 1 is 1.19 bits per heavy atom. The quantitative estimate of drug-likeness (QED) is 0.729. The van der Waals surface area contributed by atoms with Crippen LogP contribution in [-0.2, 0) is 14.3 Å². The Kier molecular flexibility index (Phi) is 7.72. The van der Waals surface area contributed by atoms with E-state index in [1.807, 2.05) is 0 Å². The Balaban J connectivity index is 2.69. The topological polar surface area (TPSA) is 72.6 Å². The van der Waals surface area contributed by atoms with Crippen LogP contribution in [0.25, 0.3) is 0 Å². The molecule has 0 heterocycles. The monoisotopic (exact) mass is 298 g/mol. The second kappa shape index (κ2) is 9.03. The Morgan fingerprint density at radius 2 is 1.76 bits per heavy atom. The van der Waals surface area contributed by atoms with Crippen LogP contribution in [-0.4, -0.2) is 43.0 Å². The minimum absolute atomic E-state index is 0.0174. The number of ether oxygens (including phenoxy) is 1. The Bertz CT molecular complexity index is 334. The molecule has 0 atom stereocenters. The predicted octanol–water partition coefficient (Wildman–Crippen LogP) is 1.94. The van der Waals surface area contributed by atoms with E-state index >= 15 is 0 Å². The van der Waals surface area contributed by atoms with E-state index in [2.05, 4.69) is 13.8 Å². The third-order valence-corrected chi connectivity index (χ3v) is 4.61. The second-order valence-electron chi connectivity index (χ2n) is 6.09. The number of hydrogen-bond acceptors (Lipinski definition) is 4. The van der Waals surface area contributed by atoms with E-state index < -0.39 is 0 Å². The lowest BCUT2D eigenvalue weighted by Crippen LogP contribution is -2.44. The first-order chi connectivity index (χ1) is 10.0. The first-order valence-corrected chi connectivity index (χ1v) is 8.12. The summed E-state index contributed by atoms with van der Waals surface area (Å²) in [5.41, 5.74) is 5.90. The molecule has 5 heteroatoms. The van der Waals surface area contributed by atoms with Crippen molar-refractivity contribution in [2.75, 3.05) is 20.2 Å². The van der Waals surface area contributed by atoms with Crippen molar-refractivity contribution in [3.8, 4) is 0 Å². The molecule has 122 valence electrons. The molecular weight excluding hydrogens is 268 g/mol. The van der Waals surface area contributed by atoms with Gasteiger partial charge in [-0.2, -0.15) is 0 Å². The Hall–Kier alpha value is -1.10. The van der Waals surface area contributed by atoms with Crippen molar-refractivity contribution in [3.05, 3.63) is 0 Å². The van der Waals surface area contributed by atoms with Gasteiger partial charge in [0.05, 0.1) is 7.11 Å². The molecule has 0 aromatic carbocycles. The highest BCUT2D eigenvalue weighted by Crippen LogP contribution is 2.25. The number of esters is 1. The van der Waals surface area contributed by atoms with Crippen molar-refractivity contribution in [3.63, 3.8) is 0 Å². The van der Waals surface area contributed by atoms with Crippen molar-refractivity contribution in [1.29, 1.82) is 0 Å². The van der Waals surface area contributed by atoms with Gasteiger partial charge >= 0.3 is 5.97 Å². The molecule has 5 nitrogen and oxygen atoms in total. The van der Waals surface area contributed by atoms with Crippen LogP contribution in [0.4, 0.5) is 0 Å². The third-order valence-electron chi connectivity index (χ3n) is 4.61. The van der Waals surface area contributed by atoms with Gasteiger partial charge in [-0.3, -0.25) is 9.59 Å². The number of amides is 1. The van der Waals surface area contributed by atoms with E-state index in [0.29, 0.717) is 12.5 Å². The fourth-order valence-corrected chi connectivity index (χ4v) is 2.94. The summed E-state index contributed by atoms with van der Waals surface area (Å²) < 4.78 is 4.73. The van der Waals surface area contributed by atoms with Gasteiger partial charge in [-0.25, -0.2) is 0 Å². The SMILES string of the molecule is CCC(CC)CN(CC(=O)OC)C(=O)C1CCC(N)CC1. The first-order valence-electron chi connectivity index (χ1n) is 8.12. The van der Waals surface area contributed by atoms with Gasteiger partial charge in [-0.05, 0) is 31.6 Å². The van der Waals surface area contributed by atoms with Gasteiger partial charge in [0.25, 0.3) is 0 Å². The molecule has 21 heavy (non-hydrogen) atoms. The van der Waals surface area contributed by atoms with E-state index in [9.17, 15) is 9.59 Å². The molecule has 0 saturated heterocycles. The van der Waals surface area contributed by atoms with Crippen LogP contribution in [0.1, 0.15) is 52.4 Å². The molecule has 0 aromatic rings. The average molecular weight is 298 g/mol. The lowest BCUT2D eigenvalue weighted by molar-refractivity contribution is -0.149. The maximum atomic E-state index is 12.7. The van der Waals surface area contributed by atoms with Crippen molar-refractivity contribution >= 4 is 11.9 Å². The fraction of sp³-hybridized carbons (Fsp3) is 0.875. The van der Waals surface area contributed by atoms with Gasteiger partial charge < -0.3 is 15.4 Å². The second-order valence-corrected chi connectivity index (χ2v) is 6.09. The summed E-state index contributed by atoms with van der Waals surface area (Å²) in [7, 11) is 1.36. The fourth-order valence-electron chi connectivity index (χ4n) is 2.94. The molecule has 1 aliphatic rings. The molecule has 0 aromatic heterocycles. The van der Waals surface area contributed by atoms with Crippen molar-refractivity contribution in [2.24, 2.45) is 17.6 Å². The van der Waals surface area contributed by atoms with Gasteiger partial charge in [0.1, 0.15) is 6.54 Å². The number of methoxy groups -OCH3 is 1. The van der Waals surface area contributed by atoms with E-state index in [1.54, 1.807) is 4.90 Å². The molecule has 0 aliphatic heterocycles. The van der Waals surface area contributed by atoms with Crippen LogP contribution in [0.3, 0.4) is 0 Å². The number of carbonyl (C=O) groups is 2. The van der Waals surface area contributed by atoms with Crippen LogP contribution >= 0.6 is 0 Å². The third kappa shape index (κ3) is 5.65. The van der Waals surface area contributed by atoms with Crippen LogP contribution in [0.15, 0.2) is 0 Å². The molecule has 0 bridgehead atoms.